The van der Waals surface area contributed by atoms with Gasteiger partial charge in [-0.3, -0.25) is 4.79 Å². The zero-order valence-corrected chi connectivity index (χ0v) is 10.5. The highest BCUT2D eigenvalue weighted by Gasteiger charge is 2.30. The number of nitrogens with two attached hydrogens (primary N) is 1. The Labute approximate surface area is 108 Å². The molecule has 0 spiro atoms. The molecule has 0 aromatic heterocycles. The number of halogens is 3. The lowest BCUT2D eigenvalue weighted by atomic mass is 10.1. The fourth-order valence-corrected chi connectivity index (χ4v) is 1.60. The number of hydrogen-bond acceptors (Lipinski definition) is 3. The molecule has 0 bridgehead atoms. The van der Waals surface area contributed by atoms with Crippen molar-refractivity contribution in [2.45, 2.75) is 25.6 Å². The Kier molecular flexibility index (Phi) is 4.63. The summed E-state index contributed by atoms with van der Waals surface area (Å²) in [6, 6.07) is 3.30. The predicted molar refractivity (Wildman–Crippen MR) is 65.0 cm³/mol. The second kappa shape index (κ2) is 5.81. The van der Waals surface area contributed by atoms with Crippen LogP contribution in [0.2, 0.25) is 0 Å². The first-order valence-corrected chi connectivity index (χ1v) is 5.54. The van der Waals surface area contributed by atoms with E-state index in [0.29, 0.717) is 5.69 Å². The molecule has 1 atom stereocenters. The summed E-state index contributed by atoms with van der Waals surface area (Å²) in [7, 11) is 1.35. The van der Waals surface area contributed by atoms with Gasteiger partial charge in [0, 0.05) is 17.8 Å². The number of alkyl halides is 3. The number of anilines is 1. The fraction of sp³-hybridized carbons (Fsp3) is 0.417. The highest BCUT2D eigenvalue weighted by Crippen LogP contribution is 2.23. The van der Waals surface area contributed by atoms with Crippen LogP contribution in [0.1, 0.15) is 23.7 Å². The van der Waals surface area contributed by atoms with Crippen molar-refractivity contribution in [2.24, 2.45) is 0 Å². The van der Waals surface area contributed by atoms with Crippen LogP contribution in [0.25, 0.3) is 0 Å². The lowest BCUT2D eigenvalue weighted by molar-refractivity contribution is -0.138. The van der Waals surface area contributed by atoms with Gasteiger partial charge in [-0.1, -0.05) is 0 Å². The molecule has 0 aliphatic heterocycles. The third-order valence-corrected chi connectivity index (χ3v) is 2.39. The van der Waals surface area contributed by atoms with Gasteiger partial charge >= 0.3 is 6.18 Å². The van der Waals surface area contributed by atoms with E-state index in [1.54, 1.807) is 0 Å². The van der Waals surface area contributed by atoms with E-state index in [1.165, 1.54) is 32.2 Å². The summed E-state index contributed by atoms with van der Waals surface area (Å²) in [5.41, 5.74) is 6.07. The molecule has 0 saturated heterocycles. The number of amides is 1. The van der Waals surface area contributed by atoms with Crippen LogP contribution >= 0.6 is 0 Å². The van der Waals surface area contributed by atoms with Gasteiger partial charge in [-0.25, -0.2) is 0 Å². The molecule has 0 radical (unpaired) electrons. The van der Waals surface area contributed by atoms with Gasteiger partial charge in [-0.15, -0.1) is 0 Å². The zero-order valence-electron chi connectivity index (χ0n) is 10.5. The van der Waals surface area contributed by atoms with Crippen molar-refractivity contribution in [1.82, 2.24) is 5.32 Å². The number of methoxy groups -OCH3 is 1. The minimum Gasteiger partial charge on any atom is -0.496 e. The van der Waals surface area contributed by atoms with Crippen molar-refractivity contribution in [3.05, 3.63) is 23.8 Å². The molecule has 1 aromatic rings. The van der Waals surface area contributed by atoms with Gasteiger partial charge in [0.2, 0.25) is 0 Å². The Morgan fingerprint density at radius 3 is 2.63 bits per heavy atom. The Morgan fingerprint density at radius 1 is 1.47 bits per heavy atom. The summed E-state index contributed by atoms with van der Waals surface area (Å²) in [6.45, 7) is 1.29. The largest absolute Gasteiger partial charge is 0.496 e. The molecular formula is C12H15F3N2O2. The number of carbonyl (C=O) groups is 1. The molecule has 19 heavy (non-hydrogen) atoms. The molecule has 0 aliphatic rings. The van der Waals surface area contributed by atoms with E-state index in [1.807, 2.05) is 0 Å². The fourth-order valence-electron chi connectivity index (χ4n) is 1.60. The highest BCUT2D eigenvalue weighted by atomic mass is 19.4. The molecule has 0 heterocycles. The average molecular weight is 276 g/mol. The number of nitrogens with one attached hydrogen (secondary N) is 1. The summed E-state index contributed by atoms with van der Waals surface area (Å²) in [5.74, 6) is -0.412. The number of nitrogen functional groups attached to an aromatic ring is 1. The van der Waals surface area contributed by atoms with Crippen molar-refractivity contribution >= 4 is 11.6 Å². The van der Waals surface area contributed by atoms with Crippen molar-refractivity contribution in [1.29, 1.82) is 0 Å². The second-order valence-corrected chi connectivity index (χ2v) is 4.15. The number of ether oxygens (including phenoxy) is 1. The van der Waals surface area contributed by atoms with Gasteiger partial charge in [-0.05, 0) is 19.1 Å². The number of hydrogen-bond donors (Lipinski definition) is 2. The highest BCUT2D eigenvalue weighted by molar-refractivity contribution is 5.97. The van der Waals surface area contributed by atoms with Crippen molar-refractivity contribution in [2.75, 3.05) is 12.8 Å². The third-order valence-electron chi connectivity index (χ3n) is 2.39. The summed E-state index contributed by atoms with van der Waals surface area (Å²) in [5, 5.41) is 2.27. The lowest BCUT2D eigenvalue weighted by Gasteiger charge is -2.17. The molecule has 1 unspecified atom stereocenters. The average Bonchev–Trinajstić information content (AvgIpc) is 2.25. The first-order valence-electron chi connectivity index (χ1n) is 5.54. The van der Waals surface area contributed by atoms with Crippen LogP contribution in [0, 0.1) is 0 Å². The van der Waals surface area contributed by atoms with Gasteiger partial charge in [0.1, 0.15) is 5.75 Å². The van der Waals surface area contributed by atoms with E-state index >= 15 is 0 Å². The van der Waals surface area contributed by atoms with Crippen LogP contribution in [-0.2, 0) is 0 Å². The molecule has 0 saturated carbocycles. The van der Waals surface area contributed by atoms with Crippen molar-refractivity contribution < 1.29 is 22.7 Å². The quantitative estimate of drug-likeness (QED) is 0.830. The SMILES string of the molecule is COc1cc(N)ccc1C(=O)NC(C)CC(F)(F)F. The molecule has 1 amide bonds. The van der Waals surface area contributed by atoms with Gasteiger partial charge in [0.15, 0.2) is 0 Å². The lowest BCUT2D eigenvalue weighted by Crippen LogP contribution is -2.36. The normalized spacial score (nSPS) is 12.9. The van der Waals surface area contributed by atoms with E-state index in [0.717, 1.165) is 0 Å². The summed E-state index contributed by atoms with van der Waals surface area (Å²) >= 11 is 0. The van der Waals surface area contributed by atoms with Crippen LogP contribution in [-0.4, -0.2) is 25.2 Å². The summed E-state index contributed by atoms with van der Waals surface area (Å²) in [6.07, 6.45) is -5.41. The van der Waals surface area contributed by atoms with Gasteiger partial charge in [0.25, 0.3) is 5.91 Å². The monoisotopic (exact) mass is 276 g/mol. The molecule has 1 rings (SSSR count). The van der Waals surface area contributed by atoms with Gasteiger partial charge < -0.3 is 15.8 Å². The minimum absolute atomic E-state index is 0.144. The Balaban J connectivity index is 2.78. The Bertz CT molecular complexity index is 461. The molecule has 3 N–H and O–H groups in total. The van der Waals surface area contributed by atoms with Crippen molar-refractivity contribution in [3.8, 4) is 5.75 Å². The van der Waals surface area contributed by atoms with Gasteiger partial charge in [0.05, 0.1) is 19.1 Å². The third kappa shape index (κ3) is 4.69. The molecule has 0 aliphatic carbocycles. The second-order valence-electron chi connectivity index (χ2n) is 4.15. The number of carbonyl (C=O) groups excluding carboxylic acids is 1. The standard InChI is InChI=1S/C12H15F3N2O2/c1-7(6-12(13,14)15)17-11(18)9-4-3-8(16)5-10(9)19-2/h3-5,7H,6,16H2,1-2H3,(H,17,18). The van der Waals surface area contributed by atoms with Crippen LogP contribution in [0.3, 0.4) is 0 Å². The molecule has 0 fully saturated rings. The van der Waals surface area contributed by atoms with E-state index < -0.39 is 24.5 Å². The van der Waals surface area contributed by atoms with Crippen LogP contribution in [0.15, 0.2) is 18.2 Å². The maximum absolute atomic E-state index is 12.2. The maximum atomic E-state index is 12.2. The van der Waals surface area contributed by atoms with Gasteiger partial charge in [-0.2, -0.15) is 13.2 Å². The van der Waals surface area contributed by atoms with Crippen LogP contribution < -0.4 is 15.8 Å². The first-order chi connectivity index (χ1) is 8.73. The maximum Gasteiger partial charge on any atom is 0.391 e. The minimum atomic E-state index is -4.32. The predicted octanol–water partition coefficient (Wildman–Crippen LogP) is 2.35. The molecule has 106 valence electrons. The van der Waals surface area contributed by atoms with Crippen LogP contribution in [0.5, 0.6) is 5.75 Å². The molecule has 1 aromatic carbocycles. The first kappa shape index (κ1) is 15.1. The smallest absolute Gasteiger partial charge is 0.391 e. The van der Waals surface area contributed by atoms with E-state index in [9.17, 15) is 18.0 Å². The zero-order chi connectivity index (χ0) is 14.6. The number of benzene rings is 1. The van der Waals surface area contributed by atoms with E-state index in [-0.39, 0.29) is 11.3 Å². The Hall–Kier alpha value is -1.92. The molecule has 7 heteroatoms. The Morgan fingerprint density at radius 2 is 2.11 bits per heavy atom. The number of rotatable bonds is 4. The topological polar surface area (TPSA) is 64.3 Å². The molecular weight excluding hydrogens is 261 g/mol. The summed E-state index contributed by atoms with van der Waals surface area (Å²) in [4.78, 5) is 11.8. The van der Waals surface area contributed by atoms with E-state index in [4.69, 9.17) is 10.5 Å². The van der Waals surface area contributed by atoms with Crippen molar-refractivity contribution in [3.63, 3.8) is 0 Å². The molecule has 4 nitrogen and oxygen atoms in total. The van der Waals surface area contributed by atoms with Crippen LogP contribution in [0.4, 0.5) is 18.9 Å². The summed E-state index contributed by atoms with van der Waals surface area (Å²) < 4.78 is 41.5. The van der Waals surface area contributed by atoms with E-state index in [2.05, 4.69) is 5.32 Å².